The number of esters is 1. The predicted molar refractivity (Wildman–Crippen MR) is 268 cm³/mol. The van der Waals surface area contributed by atoms with Crippen LogP contribution in [0.25, 0.3) is 5.57 Å². The lowest BCUT2D eigenvalue weighted by molar-refractivity contribution is -0.667. The van der Waals surface area contributed by atoms with E-state index in [-0.39, 0.29) is 75.8 Å². The molecule has 0 spiro atoms. The fourth-order valence-corrected chi connectivity index (χ4v) is 11.9. The number of aromatic nitrogens is 3. The zero-order valence-corrected chi connectivity index (χ0v) is 43.7. The summed E-state index contributed by atoms with van der Waals surface area (Å²) in [4.78, 5) is 53.7. The highest BCUT2D eigenvalue weighted by Crippen LogP contribution is 2.51. The number of benzene rings is 4. The molecule has 17 nitrogen and oxygen atoms in total. The highest BCUT2D eigenvalue weighted by Gasteiger charge is 2.55. The molecular formula is C48H49IN9O8PS3. The summed E-state index contributed by atoms with van der Waals surface area (Å²) in [5.74, 6) is 6.72. The van der Waals surface area contributed by atoms with Crippen molar-refractivity contribution >= 4 is 82.6 Å². The van der Waals surface area contributed by atoms with Crippen LogP contribution in [0.15, 0.2) is 143 Å². The topological polar surface area (TPSA) is 240 Å². The van der Waals surface area contributed by atoms with E-state index in [0.717, 1.165) is 22.5 Å². The number of nitrogens with zero attached hydrogens (tertiary/aromatic N) is 4. The van der Waals surface area contributed by atoms with Crippen LogP contribution < -0.4 is 61.3 Å². The van der Waals surface area contributed by atoms with Crippen LogP contribution >= 0.6 is 42.5 Å². The molecule has 1 fully saturated rings. The molecule has 6 aromatic rings. The maximum absolute atomic E-state index is 14.6. The van der Waals surface area contributed by atoms with Crippen molar-refractivity contribution in [2.45, 2.75) is 35.6 Å². The number of anilines is 3. The minimum atomic E-state index is -4.01. The van der Waals surface area contributed by atoms with Gasteiger partial charge in [0.1, 0.15) is 35.0 Å². The van der Waals surface area contributed by atoms with Crippen LogP contribution in [0.4, 0.5) is 16.8 Å². The first-order chi connectivity index (χ1) is 33.3. The van der Waals surface area contributed by atoms with Gasteiger partial charge in [-0.15, -0.1) is 27.8 Å². The van der Waals surface area contributed by atoms with Gasteiger partial charge in [-0.2, -0.15) is 0 Å². The van der Waals surface area contributed by atoms with Crippen LogP contribution in [-0.4, -0.2) is 76.9 Å². The fraction of sp³-hybridized carbons (Fsp3) is 0.208. The molecule has 0 bridgehead atoms. The molecule has 2 aliphatic heterocycles. The smallest absolute Gasteiger partial charge is 0.355 e. The van der Waals surface area contributed by atoms with Crippen molar-refractivity contribution in [2.75, 3.05) is 55.5 Å². The normalized spacial score (nSPS) is 15.9. The van der Waals surface area contributed by atoms with Crippen LogP contribution in [0.5, 0.6) is 5.75 Å². The Morgan fingerprint density at radius 3 is 2.06 bits per heavy atom. The van der Waals surface area contributed by atoms with Gasteiger partial charge in [-0.05, 0) is 58.6 Å². The van der Waals surface area contributed by atoms with Crippen molar-refractivity contribution in [3.63, 3.8) is 0 Å². The number of carbonyl (C=O) groups is 3. The summed E-state index contributed by atoms with van der Waals surface area (Å²) >= 11 is 3.75. The van der Waals surface area contributed by atoms with Gasteiger partial charge in [0.05, 0.1) is 23.9 Å². The number of fused-ring (bicyclic) bond motifs is 1. The van der Waals surface area contributed by atoms with E-state index >= 15 is 0 Å². The van der Waals surface area contributed by atoms with Crippen molar-refractivity contribution in [3.8, 4) is 5.75 Å². The minimum Gasteiger partial charge on any atom is -1.00 e. The zero-order valence-electron chi connectivity index (χ0n) is 38.2. The number of halogens is 1. The molecule has 2 atom stereocenters. The van der Waals surface area contributed by atoms with E-state index in [1.807, 2.05) is 91.0 Å². The van der Waals surface area contributed by atoms with Crippen molar-refractivity contribution < 1.29 is 66.1 Å². The summed E-state index contributed by atoms with van der Waals surface area (Å²) in [5.41, 5.74) is 15.9. The molecule has 4 aromatic carbocycles. The lowest BCUT2D eigenvalue weighted by Gasteiger charge is -2.49. The average molecular weight is 1130 g/mol. The van der Waals surface area contributed by atoms with Crippen molar-refractivity contribution in [2.24, 2.45) is 0 Å². The molecule has 1 saturated heterocycles. The van der Waals surface area contributed by atoms with Gasteiger partial charge in [0, 0.05) is 36.9 Å². The summed E-state index contributed by atoms with van der Waals surface area (Å²) in [6.45, 7) is 1.60. The lowest BCUT2D eigenvalue weighted by atomic mass is 9.77. The van der Waals surface area contributed by atoms with E-state index in [1.165, 1.54) is 58.7 Å². The van der Waals surface area contributed by atoms with Gasteiger partial charge >= 0.3 is 18.7 Å². The first-order valence-corrected chi connectivity index (χ1v) is 25.8. The quantitative estimate of drug-likeness (QED) is 0.00792. The van der Waals surface area contributed by atoms with Crippen LogP contribution in [0.2, 0.25) is 0 Å². The summed E-state index contributed by atoms with van der Waals surface area (Å²) < 4.78 is 36.6. The Morgan fingerprint density at radius 1 is 0.914 bits per heavy atom. The predicted octanol–water partition coefficient (Wildman–Crippen LogP) is 3.45. The number of β-lactam (4-membered cyclic amide) rings is 1. The minimum absolute atomic E-state index is 0. The Kier molecular flexibility index (Phi) is 16.6. The monoisotopic (exact) mass is 1130 g/mol. The molecule has 8 rings (SSSR count). The molecule has 8 N–H and O–H groups in total. The largest absolute Gasteiger partial charge is 1.00 e. The third-order valence-corrected chi connectivity index (χ3v) is 16.3. The Balaban J connectivity index is 0.00000722. The molecule has 2 aliphatic rings. The molecular weight excluding hydrogens is 1080 g/mol. The van der Waals surface area contributed by atoms with Gasteiger partial charge in [-0.3, -0.25) is 24.9 Å². The van der Waals surface area contributed by atoms with Gasteiger partial charge in [-0.1, -0.05) is 108 Å². The Morgan fingerprint density at radius 2 is 1.50 bits per heavy atom. The number of hydrogen-bond acceptors (Lipinski definition) is 17. The number of nitrogen functional groups attached to an aromatic ring is 3. The van der Waals surface area contributed by atoms with E-state index in [9.17, 15) is 18.9 Å². The Hall–Kier alpha value is -5.94. The first-order valence-electron chi connectivity index (χ1n) is 21.3. The number of amides is 2. The van der Waals surface area contributed by atoms with E-state index in [4.69, 9.17) is 40.8 Å². The summed E-state index contributed by atoms with van der Waals surface area (Å²) in [6, 6.07) is 35.7. The molecule has 364 valence electrons. The number of carbonyl (C=O) groups excluding carboxylic acids is 3. The molecule has 4 heterocycles. The summed E-state index contributed by atoms with van der Waals surface area (Å²) in [7, 11) is -0.0576. The SMILES string of the molecule is COc1ccc(COC(=O)C2=C(CSc3nc(N)c(C)c(N)[n+]3N)CS[C@@H]3[C@H](NC(=O)/C(=C\P(=O)(OC)OC)c4csc(NC(c5ccccc5)(c5ccccc5)c5ccccc5)n4)C(=O)N23)cc1.[I-]. The number of hydrogen-bond donors (Lipinski definition) is 5. The summed E-state index contributed by atoms with van der Waals surface area (Å²) in [6.07, 6.45) is 0. The van der Waals surface area contributed by atoms with E-state index in [1.54, 1.807) is 43.7 Å². The third kappa shape index (κ3) is 10.6. The van der Waals surface area contributed by atoms with Crippen LogP contribution in [0.1, 0.15) is 33.5 Å². The van der Waals surface area contributed by atoms with Gasteiger partial charge in [-0.25, -0.2) is 9.78 Å². The molecule has 0 aliphatic carbocycles. The number of thiazole rings is 1. The highest BCUT2D eigenvalue weighted by atomic mass is 127. The number of methoxy groups -OCH3 is 1. The van der Waals surface area contributed by atoms with Crippen molar-refractivity contribution in [3.05, 3.63) is 171 Å². The Bertz CT molecular complexity index is 2880. The molecule has 0 radical (unpaired) electrons. The second kappa shape index (κ2) is 22.4. The van der Waals surface area contributed by atoms with E-state index < -0.39 is 42.3 Å². The van der Waals surface area contributed by atoms with Crippen LogP contribution in [-0.2, 0) is 44.9 Å². The standard InChI is InChI=1S/C48H48N9O8PS3.HI/c1-29-40(49)54-47(57(51)41(29)50)69-27-31-26-67-44-38(43(59)56(44)39(31)45(60)65-24-30-20-22-35(62-2)23-21-30)53-42(58)36(25-66(61,63-3)64-4)37-28-68-46(52-37)55-48(32-14-8-5-9-15-32,33-16-10-6-11-17-33)34-18-12-7-13-19-34;/h5-23,25,28,38,44H,24,26-27,51H2,1-4H3,(H5,49,50,52,53,55,58);1H/b36-25-;/t38-,44-;/m1./s1. The highest BCUT2D eigenvalue weighted by molar-refractivity contribution is 8.01. The molecule has 0 unspecified atom stereocenters. The maximum atomic E-state index is 14.6. The number of nitrogens with two attached hydrogens (primary N) is 3. The third-order valence-electron chi connectivity index (χ3n) is 11.6. The lowest BCUT2D eigenvalue weighted by Crippen LogP contribution is -3.00. The second-order valence-electron chi connectivity index (χ2n) is 15.6. The van der Waals surface area contributed by atoms with E-state index in [0.29, 0.717) is 27.6 Å². The fourth-order valence-electron chi connectivity index (χ4n) is 7.83. The van der Waals surface area contributed by atoms with Gasteiger partial charge in [0.25, 0.3) is 11.8 Å². The molecule has 22 heteroatoms. The van der Waals surface area contributed by atoms with Crippen molar-refractivity contribution in [1.82, 2.24) is 20.2 Å². The number of thioether (sulfide) groups is 2. The first kappa shape index (κ1) is 51.9. The molecule has 2 aromatic heterocycles. The van der Waals surface area contributed by atoms with Crippen LogP contribution in [0.3, 0.4) is 0 Å². The number of rotatable bonds is 18. The average Bonchev–Trinajstić information content (AvgIpc) is 3.86. The molecule has 70 heavy (non-hydrogen) atoms. The Labute approximate surface area is 434 Å². The summed E-state index contributed by atoms with van der Waals surface area (Å²) in [5, 5.41) is 8.18. The van der Waals surface area contributed by atoms with Crippen LogP contribution in [0, 0.1) is 6.92 Å². The maximum Gasteiger partial charge on any atom is 0.355 e. The molecule has 0 saturated carbocycles. The van der Waals surface area contributed by atoms with Gasteiger partial charge < -0.3 is 64.6 Å². The number of nitrogens with one attached hydrogen (secondary N) is 2. The number of ether oxygens (including phenoxy) is 2. The van der Waals surface area contributed by atoms with Gasteiger partial charge in [0.2, 0.25) is 11.6 Å². The van der Waals surface area contributed by atoms with Gasteiger partial charge in [0.15, 0.2) is 5.13 Å². The second-order valence-corrected chi connectivity index (χ2v) is 20.6. The molecule has 2 amide bonds. The van der Waals surface area contributed by atoms with E-state index in [2.05, 4.69) is 15.6 Å². The van der Waals surface area contributed by atoms with Crippen molar-refractivity contribution in [1.29, 1.82) is 0 Å². The zero-order chi connectivity index (χ0) is 48.9.